The minimum atomic E-state index is 0.416. The molecule has 0 atom stereocenters. The molecule has 4 rings (SSSR count). The maximum Gasteiger partial charge on any atom is 0.101 e. The van der Waals surface area contributed by atoms with E-state index in [-0.39, 0.29) is 0 Å². The van der Waals surface area contributed by atoms with Crippen LogP contribution in [0.2, 0.25) is 5.02 Å². The molecule has 0 amide bonds. The Kier molecular flexibility index (Phi) is 5.51. The highest BCUT2D eigenvalue weighted by Gasteiger charge is 2.40. The maximum absolute atomic E-state index is 9.08. The fourth-order valence-corrected chi connectivity index (χ4v) is 4.97. The molecule has 2 heterocycles. The zero-order valence-electron chi connectivity index (χ0n) is 16.6. The van der Waals surface area contributed by atoms with Crippen molar-refractivity contribution >= 4 is 23.0 Å². The molecule has 1 spiro atoms. The van der Waals surface area contributed by atoms with Crippen molar-refractivity contribution in [1.82, 2.24) is 0 Å². The second-order valence-electron chi connectivity index (χ2n) is 8.35. The van der Waals surface area contributed by atoms with E-state index in [0.29, 0.717) is 16.0 Å². The molecule has 2 aliphatic heterocycles. The van der Waals surface area contributed by atoms with Crippen LogP contribution >= 0.6 is 11.6 Å². The van der Waals surface area contributed by atoms with E-state index in [1.807, 2.05) is 18.2 Å². The molecule has 2 fully saturated rings. The molecule has 0 N–H and O–H groups in total. The number of anilines is 2. The second kappa shape index (κ2) is 8.05. The van der Waals surface area contributed by atoms with Crippen LogP contribution in [0.15, 0.2) is 42.5 Å². The monoisotopic (exact) mass is 393 g/mol. The molecule has 146 valence electrons. The number of benzene rings is 2. The SMILES string of the molecule is CCCc1ccc(N2CCC3(CC2)CCN(c2ccc(C#N)c(Cl)c2)C3)cc1. The summed E-state index contributed by atoms with van der Waals surface area (Å²) in [6, 6.07) is 17.1. The van der Waals surface area contributed by atoms with Gasteiger partial charge in [-0.05, 0) is 67.0 Å². The predicted molar refractivity (Wildman–Crippen MR) is 117 cm³/mol. The van der Waals surface area contributed by atoms with E-state index in [4.69, 9.17) is 16.9 Å². The van der Waals surface area contributed by atoms with Crippen LogP contribution in [0.1, 0.15) is 43.7 Å². The summed E-state index contributed by atoms with van der Waals surface area (Å²) in [7, 11) is 0. The first-order chi connectivity index (χ1) is 13.6. The summed E-state index contributed by atoms with van der Waals surface area (Å²) >= 11 is 6.25. The number of nitriles is 1. The Bertz CT molecular complexity index is 860. The van der Waals surface area contributed by atoms with Gasteiger partial charge in [0.05, 0.1) is 10.6 Å². The Morgan fingerprint density at radius 1 is 0.964 bits per heavy atom. The van der Waals surface area contributed by atoms with E-state index in [9.17, 15) is 0 Å². The van der Waals surface area contributed by atoms with Crippen molar-refractivity contribution in [1.29, 1.82) is 5.26 Å². The summed E-state index contributed by atoms with van der Waals surface area (Å²) in [5.41, 5.74) is 4.92. The molecule has 0 aromatic heterocycles. The van der Waals surface area contributed by atoms with Crippen LogP contribution in [0, 0.1) is 16.7 Å². The Hall–Kier alpha value is -2.18. The van der Waals surface area contributed by atoms with Crippen molar-refractivity contribution in [2.45, 2.75) is 39.0 Å². The van der Waals surface area contributed by atoms with Gasteiger partial charge in [0.25, 0.3) is 0 Å². The average Bonchev–Trinajstić information content (AvgIpc) is 3.13. The van der Waals surface area contributed by atoms with Crippen molar-refractivity contribution in [3.05, 3.63) is 58.6 Å². The third-order valence-corrected chi connectivity index (χ3v) is 6.85. The molecule has 28 heavy (non-hydrogen) atoms. The molecule has 2 aromatic rings. The van der Waals surface area contributed by atoms with Crippen molar-refractivity contribution in [3.8, 4) is 6.07 Å². The van der Waals surface area contributed by atoms with Crippen LogP contribution < -0.4 is 9.80 Å². The van der Waals surface area contributed by atoms with E-state index in [1.165, 1.54) is 43.4 Å². The fraction of sp³-hybridized carbons (Fsp3) is 0.458. The van der Waals surface area contributed by atoms with E-state index in [1.54, 1.807) is 0 Å². The molecule has 2 saturated heterocycles. The van der Waals surface area contributed by atoms with Crippen LogP contribution in [0.4, 0.5) is 11.4 Å². The van der Waals surface area contributed by atoms with Crippen LogP contribution in [-0.4, -0.2) is 26.2 Å². The van der Waals surface area contributed by atoms with Gasteiger partial charge in [-0.25, -0.2) is 0 Å². The number of halogens is 1. The van der Waals surface area contributed by atoms with Gasteiger partial charge in [-0.1, -0.05) is 37.1 Å². The number of nitrogens with zero attached hydrogens (tertiary/aromatic N) is 3. The number of aryl methyl sites for hydroxylation is 1. The molecule has 0 saturated carbocycles. The normalized spacial score (nSPS) is 18.5. The highest BCUT2D eigenvalue weighted by molar-refractivity contribution is 6.32. The largest absolute Gasteiger partial charge is 0.371 e. The summed E-state index contributed by atoms with van der Waals surface area (Å²) < 4.78 is 0. The maximum atomic E-state index is 9.08. The Morgan fingerprint density at radius 3 is 2.21 bits per heavy atom. The van der Waals surface area contributed by atoms with Crippen LogP contribution in [0.5, 0.6) is 0 Å². The Balaban J connectivity index is 1.38. The third-order valence-electron chi connectivity index (χ3n) is 6.54. The predicted octanol–water partition coefficient (Wildman–Crippen LogP) is 5.66. The van der Waals surface area contributed by atoms with Gasteiger partial charge in [0.1, 0.15) is 6.07 Å². The Labute approximate surface area is 173 Å². The van der Waals surface area contributed by atoms with Crippen LogP contribution in [0.25, 0.3) is 0 Å². The lowest BCUT2D eigenvalue weighted by molar-refractivity contribution is 0.250. The molecule has 4 heteroatoms. The summed E-state index contributed by atoms with van der Waals surface area (Å²) in [6.45, 7) is 6.67. The fourth-order valence-electron chi connectivity index (χ4n) is 4.76. The number of hydrogen-bond acceptors (Lipinski definition) is 3. The van der Waals surface area contributed by atoms with Crippen molar-refractivity contribution in [3.63, 3.8) is 0 Å². The van der Waals surface area contributed by atoms with Crippen LogP contribution in [-0.2, 0) is 6.42 Å². The molecule has 0 aliphatic carbocycles. The van der Waals surface area contributed by atoms with E-state index < -0.39 is 0 Å². The molecule has 3 nitrogen and oxygen atoms in total. The van der Waals surface area contributed by atoms with Crippen molar-refractivity contribution < 1.29 is 0 Å². The Morgan fingerprint density at radius 2 is 1.61 bits per heavy atom. The lowest BCUT2D eigenvalue weighted by Crippen LogP contribution is -2.41. The summed E-state index contributed by atoms with van der Waals surface area (Å²) in [5.74, 6) is 0. The van der Waals surface area contributed by atoms with Gasteiger partial charge in [-0.2, -0.15) is 5.26 Å². The standard InChI is InChI=1S/C24H28ClN3/c1-2-3-19-4-7-21(8-5-19)27-13-10-24(11-14-27)12-15-28(18-24)22-9-6-20(17-26)23(25)16-22/h4-9,16H,2-3,10-15,18H2,1H3. The molecule has 0 bridgehead atoms. The number of piperidine rings is 1. The van der Waals surface area contributed by atoms with Gasteiger partial charge in [0.2, 0.25) is 0 Å². The summed E-state index contributed by atoms with van der Waals surface area (Å²) in [4.78, 5) is 4.99. The van der Waals surface area contributed by atoms with E-state index in [2.05, 4.69) is 47.1 Å². The first-order valence-corrected chi connectivity index (χ1v) is 10.8. The first-order valence-electron chi connectivity index (χ1n) is 10.4. The summed E-state index contributed by atoms with van der Waals surface area (Å²) in [5, 5.41) is 9.64. The molecule has 2 aromatic carbocycles. The van der Waals surface area contributed by atoms with Crippen LogP contribution in [0.3, 0.4) is 0 Å². The molecular formula is C24H28ClN3. The minimum absolute atomic E-state index is 0.416. The number of hydrogen-bond donors (Lipinski definition) is 0. The van der Waals surface area contributed by atoms with Gasteiger partial charge < -0.3 is 9.80 Å². The van der Waals surface area contributed by atoms with Crippen molar-refractivity contribution in [2.24, 2.45) is 5.41 Å². The van der Waals surface area contributed by atoms with Gasteiger partial charge in [0.15, 0.2) is 0 Å². The topological polar surface area (TPSA) is 30.3 Å². The average molecular weight is 394 g/mol. The zero-order valence-corrected chi connectivity index (χ0v) is 17.4. The summed E-state index contributed by atoms with van der Waals surface area (Å²) in [6.07, 6.45) is 6.09. The molecule has 2 aliphatic rings. The first kappa shape index (κ1) is 19.2. The molecule has 0 radical (unpaired) electrons. The zero-order chi connectivity index (χ0) is 19.6. The van der Waals surface area contributed by atoms with Crippen molar-refractivity contribution in [2.75, 3.05) is 36.0 Å². The third kappa shape index (κ3) is 3.84. The minimum Gasteiger partial charge on any atom is -0.371 e. The van der Waals surface area contributed by atoms with Gasteiger partial charge >= 0.3 is 0 Å². The van der Waals surface area contributed by atoms with E-state index >= 15 is 0 Å². The van der Waals surface area contributed by atoms with E-state index in [0.717, 1.165) is 31.9 Å². The lowest BCUT2D eigenvalue weighted by Gasteiger charge is -2.40. The number of rotatable bonds is 4. The second-order valence-corrected chi connectivity index (χ2v) is 8.76. The molecular weight excluding hydrogens is 366 g/mol. The smallest absolute Gasteiger partial charge is 0.101 e. The van der Waals surface area contributed by atoms with Gasteiger partial charge in [-0.15, -0.1) is 0 Å². The quantitative estimate of drug-likeness (QED) is 0.671. The van der Waals surface area contributed by atoms with Gasteiger partial charge in [0, 0.05) is 37.6 Å². The lowest BCUT2D eigenvalue weighted by atomic mass is 9.77. The highest BCUT2D eigenvalue weighted by Crippen LogP contribution is 2.43. The van der Waals surface area contributed by atoms with Gasteiger partial charge in [-0.3, -0.25) is 0 Å². The highest BCUT2D eigenvalue weighted by atomic mass is 35.5. The molecule has 0 unspecified atom stereocenters.